The van der Waals surface area contributed by atoms with Gasteiger partial charge >= 0.3 is 0 Å². The first-order chi connectivity index (χ1) is 15.6. The third kappa shape index (κ3) is 6.55. The maximum absolute atomic E-state index is 10.7. The number of ether oxygens (including phenoxy) is 1. The summed E-state index contributed by atoms with van der Waals surface area (Å²) in [6.45, 7) is 10.2. The molecule has 174 valence electrons. The van der Waals surface area contributed by atoms with Gasteiger partial charge in [-0.15, -0.1) is 0 Å². The van der Waals surface area contributed by atoms with Crippen molar-refractivity contribution in [1.29, 1.82) is 0 Å². The van der Waals surface area contributed by atoms with Crippen molar-refractivity contribution >= 4 is 5.57 Å². The van der Waals surface area contributed by atoms with Crippen molar-refractivity contribution < 1.29 is 20.1 Å². The minimum Gasteiger partial charge on any atom is -0.508 e. The minimum absolute atomic E-state index is 0.114. The molecule has 33 heavy (non-hydrogen) atoms. The second-order valence-corrected chi connectivity index (χ2v) is 9.23. The lowest BCUT2D eigenvalue weighted by atomic mass is 9.96. The van der Waals surface area contributed by atoms with Gasteiger partial charge in [0.25, 0.3) is 0 Å². The third-order valence-corrected chi connectivity index (χ3v) is 5.74. The van der Waals surface area contributed by atoms with Gasteiger partial charge in [0.2, 0.25) is 0 Å². The molecule has 0 unspecified atom stereocenters. The first-order valence-electron chi connectivity index (χ1n) is 11.4. The summed E-state index contributed by atoms with van der Waals surface area (Å²) < 4.78 is 6.07. The zero-order valence-corrected chi connectivity index (χ0v) is 20.1. The van der Waals surface area contributed by atoms with Gasteiger partial charge in [0, 0.05) is 29.7 Å². The molecule has 0 aliphatic heterocycles. The van der Waals surface area contributed by atoms with Gasteiger partial charge in [0.15, 0.2) is 0 Å². The van der Waals surface area contributed by atoms with Crippen LogP contribution >= 0.6 is 0 Å². The number of hydrogen-bond donors (Lipinski definition) is 3. The van der Waals surface area contributed by atoms with Crippen LogP contribution in [0.2, 0.25) is 0 Å². The molecule has 3 aromatic rings. The first kappa shape index (κ1) is 24.2. The monoisotopic (exact) mass is 446 g/mol. The van der Waals surface area contributed by atoms with Crippen LogP contribution in [-0.2, 0) is 6.42 Å². The van der Waals surface area contributed by atoms with Gasteiger partial charge in [-0.05, 0) is 86.1 Å². The standard InChI is InChI=1S/C29H34O4/c1-18(2)7-6-8-20(4)26-10-9-22(15-28(26)32)14-27-21(5)13-24(31)17-29(27)33-25-12-19(3)11-23(30)16-25/h8-13,15-18,30-32H,6-7,14H2,1-5H3/b20-8+. The Hall–Kier alpha value is -3.40. The first-order valence-corrected chi connectivity index (χ1v) is 11.4. The molecule has 0 amide bonds. The highest BCUT2D eigenvalue weighted by Crippen LogP contribution is 2.36. The van der Waals surface area contributed by atoms with Crippen LogP contribution in [0.15, 0.2) is 54.6 Å². The van der Waals surface area contributed by atoms with Crippen LogP contribution < -0.4 is 4.74 Å². The summed E-state index contributed by atoms with van der Waals surface area (Å²) in [5, 5.41) is 30.7. The fourth-order valence-corrected chi connectivity index (χ4v) is 3.97. The van der Waals surface area contributed by atoms with Crippen molar-refractivity contribution in [1.82, 2.24) is 0 Å². The molecule has 0 aliphatic rings. The molecule has 3 N–H and O–H groups in total. The van der Waals surface area contributed by atoms with Crippen molar-refractivity contribution in [3.05, 3.63) is 82.4 Å². The number of aromatic hydroxyl groups is 3. The Bertz CT molecular complexity index is 1140. The van der Waals surface area contributed by atoms with Crippen LogP contribution in [0.3, 0.4) is 0 Å². The van der Waals surface area contributed by atoms with E-state index in [4.69, 9.17) is 4.74 Å². The molecule has 0 bridgehead atoms. The Kier molecular flexibility index (Phi) is 7.70. The number of hydrogen-bond acceptors (Lipinski definition) is 4. The highest BCUT2D eigenvalue weighted by Gasteiger charge is 2.14. The molecule has 0 heterocycles. The SMILES string of the molecule is C/C(=C\CCC(C)C)c1ccc(Cc2c(C)cc(O)cc2Oc2cc(C)cc(O)c2)cc1O. The van der Waals surface area contributed by atoms with Crippen LogP contribution in [0.5, 0.6) is 28.7 Å². The third-order valence-electron chi connectivity index (χ3n) is 5.74. The number of allylic oxidation sites excluding steroid dienone is 2. The predicted octanol–water partition coefficient (Wildman–Crippen LogP) is 7.64. The van der Waals surface area contributed by atoms with Gasteiger partial charge in [-0.25, -0.2) is 0 Å². The van der Waals surface area contributed by atoms with E-state index in [1.807, 2.05) is 39.0 Å². The van der Waals surface area contributed by atoms with E-state index < -0.39 is 0 Å². The molecule has 0 spiro atoms. The average Bonchev–Trinajstić information content (AvgIpc) is 2.69. The molecule has 0 saturated heterocycles. The zero-order chi connectivity index (χ0) is 24.1. The van der Waals surface area contributed by atoms with E-state index >= 15 is 0 Å². The van der Waals surface area contributed by atoms with E-state index in [0.29, 0.717) is 23.8 Å². The summed E-state index contributed by atoms with van der Waals surface area (Å²) >= 11 is 0. The quantitative estimate of drug-likeness (QED) is 0.332. The molecule has 0 fully saturated rings. The van der Waals surface area contributed by atoms with Crippen LogP contribution in [0, 0.1) is 19.8 Å². The highest BCUT2D eigenvalue weighted by atomic mass is 16.5. The van der Waals surface area contributed by atoms with Crippen LogP contribution in [0.1, 0.15) is 61.4 Å². The molecule has 4 nitrogen and oxygen atoms in total. The second kappa shape index (κ2) is 10.5. The number of rotatable bonds is 8. The molecule has 4 heteroatoms. The summed E-state index contributed by atoms with van der Waals surface area (Å²) in [5.74, 6) is 2.17. The lowest BCUT2D eigenvalue weighted by Gasteiger charge is -2.16. The van der Waals surface area contributed by atoms with Gasteiger partial charge in [0.05, 0.1) is 0 Å². The zero-order valence-electron chi connectivity index (χ0n) is 20.1. The van der Waals surface area contributed by atoms with Gasteiger partial charge in [-0.1, -0.05) is 32.1 Å². The average molecular weight is 447 g/mol. The summed E-state index contributed by atoms with van der Waals surface area (Å²) in [4.78, 5) is 0. The summed E-state index contributed by atoms with van der Waals surface area (Å²) in [5.41, 5.74) is 5.53. The second-order valence-electron chi connectivity index (χ2n) is 9.23. The Morgan fingerprint density at radius 2 is 1.67 bits per heavy atom. The molecular formula is C29H34O4. The maximum Gasteiger partial charge on any atom is 0.134 e. The molecule has 0 aromatic heterocycles. The van der Waals surface area contributed by atoms with E-state index in [1.54, 1.807) is 30.3 Å². The van der Waals surface area contributed by atoms with Gasteiger partial charge in [0.1, 0.15) is 28.7 Å². The van der Waals surface area contributed by atoms with Crippen LogP contribution in [0.25, 0.3) is 5.57 Å². The van der Waals surface area contributed by atoms with Crippen molar-refractivity contribution in [2.45, 2.75) is 53.9 Å². The topological polar surface area (TPSA) is 69.9 Å². The highest BCUT2D eigenvalue weighted by molar-refractivity contribution is 5.69. The largest absolute Gasteiger partial charge is 0.508 e. The lowest BCUT2D eigenvalue weighted by Crippen LogP contribution is -1.98. The molecule has 3 rings (SSSR count). The smallest absolute Gasteiger partial charge is 0.134 e. The van der Waals surface area contributed by atoms with Gasteiger partial charge in [-0.2, -0.15) is 0 Å². The summed E-state index contributed by atoms with van der Waals surface area (Å²) in [6, 6.07) is 14.1. The molecule has 0 radical (unpaired) electrons. The van der Waals surface area contributed by atoms with Crippen molar-refractivity contribution in [2.75, 3.05) is 0 Å². The minimum atomic E-state index is 0.114. The van der Waals surface area contributed by atoms with E-state index in [9.17, 15) is 15.3 Å². The summed E-state index contributed by atoms with van der Waals surface area (Å²) in [7, 11) is 0. The fourth-order valence-electron chi connectivity index (χ4n) is 3.97. The Balaban J connectivity index is 1.88. The molecular weight excluding hydrogens is 412 g/mol. The van der Waals surface area contributed by atoms with Crippen molar-refractivity contribution in [3.8, 4) is 28.7 Å². The molecule has 0 aliphatic carbocycles. The molecule has 0 atom stereocenters. The Morgan fingerprint density at radius 1 is 0.939 bits per heavy atom. The number of phenols is 3. The van der Waals surface area contributed by atoms with Gasteiger partial charge in [-0.3, -0.25) is 0 Å². The normalized spacial score (nSPS) is 11.8. The Morgan fingerprint density at radius 3 is 2.33 bits per heavy atom. The maximum atomic E-state index is 10.7. The Labute approximate surface area is 196 Å². The number of aryl methyl sites for hydroxylation is 2. The van der Waals surface area contributed by atoms with Crippen molar-refractivity contribution in [2.24, 2.45) is 5.92 Å². The lowest BCUT2D eigenvalue weighted by molar-refractivity contribution is 0.442. The molecule has 3 aromatic carbocycles. The van der Waals surface area contributed by atoms with Crippen LogP contribution in [-0.4, -0.2) is 15.3 Å². The number of phenolic OH excluding ortho intramolecular Hbond substituents is 3. The van der Waals surface area contributed by atoms with Gasteiger partial charge < -0.3 is 20.1 Å². The fraction of sp³-hybridized carbons (Fsp3) is 0.310. The van der Waals surface area contributed by atoms with E-state index in [-0.39, 0.29) is 17.2 Å². The summed E-state index contributed by atoms with van der Waals surface area (Å²) in [6.07, 6.45) is 4.83. The predicted molar refractivity (Wildman–Crippen MR) is 134 cm³/mol. The number of benzene rings is 3. The van der Waals surface area contributed by atoms with E-state index in [0.717, 1.165) is 46.2 Å². The van der Waals surface area contributed by atoms with E-state index in [2.05, 4.69) is 19.9 Å². The molecule has 0 saturated carbocycles. The van der Waals surface area contributed by atoms with Crippen molar-refractivity contribution in [3.63, 3.8) is 0 Å². The van der Waals surface area contributed by atoms with E-state index in [1.165, 1.54) is 0 Å². The van der Waals surface area contributed by atoms with Crippen LogP contribution in [0.4, 0.5) is 0 Å².